The van der Waals surface area contributed by atoms with Gasteiger partial charge in [0.05, 0.1) is 0 Å². The van der Waals surface area contributed by atoms with Crippen molar-refractivity contribution in [2.75, 3.05) is 0 Å². The molecule has 25 heavy (non-hydrogen) atoms. The van der Waals surface area contributed by atoms with Crippen LogP contribution in [0.3, 0.4) is 0 Å². The van der Waals surface area contributed by atoms with Crippen molar-refractivity contribution in [1.29, 1.82) is 0 Å². The SMILES string of the molecule is [C-]1=C(CC2CCCC2)C=CC1.[C-]1=C(CC2CCCC2)C=CC1.[Cl-].[Cl-].[Zr+4]. The van der Waals surface area contributed by atoms with E-state index >= 15 is 0 Å². The molecule has 0 nitrogen and oxygen atoms in total. The zero-order valence-electron chi connectivity index (χ0n) is 15.2. The van der Waals surface area contributed by atoms with Crippen molar-refractivity contribution in [3.63, 3.8) is 0 Å². The van der Waals surface area contributed by atoms with Gasteiger partial charge in [0, 0.05) is 0 Å². The fraction of sp³-hybridized carbons (Fsp3) is 0.636. The van der Waals surface area contributed by atoms with Gasteiger partial charge >= 0.3 is 26.2 Å². The Hall–Kier alpha value is 0.423. The molecule has 0 bridgehead atoms. The Balaban J connectivity index is 0.000000411. The van der Waals surface area contributed by atoms with Crippen molar-refractivity contribution in [3.8, 4) is 0 Å². The summed E-state index contributed by atoms with van der Waals surface area (Å²) < 4.78 is 0. The first-order valence-corrected chi connectivity index (χ1v) is 9.42. The van der Waals surface area contributed by atoms with E-state index in [1.807, 2.05) is 0 Å². The average molecular weight is 457 g/mol. The van der Waals surface area contributed by atoms with Gasteiger partial charge in [-0.25, -0.2) is 23.3 Å². The van der Waals surface area contributed by atoms with Gasteiger partial charge in [0.25, 0.3) is 0 Å². The van der Waals surface area contributed by atoms with E-state index in [2.05, 4.69) is 36.5 Å². The van der Waals surface area contributed by atoms with E-state index in [1.54, 1.807) is 0 Å². The first-order chi connectivity index (χ1) is 10.9. The second-order valence-corrected chi connectivity index (χ2v) is 7.33. The molecule has 4 rings (SSSR count). The Kier molecular flexibility index (Phi) is 14.7. The zero-order valence-corrected chi connectivity index (χ0v) is 19.2. The third kappa shape index (κ3) is 9.26. The quantitative estimate of drug-likeness (QED) is 0.541. The Morgan fingerprint density at radius 3 is 1.32 bits per heavy atom. The third-order valence-electron chi connectivity index (χ3n) is 5.50. The van der Waals surface area contributed by atoms with Crippen LogP contribution in [0.4, 0.5) is 0 Å². The maximum Gasteiger partial charge on any atom is 4.00 e. The predicted molar refractivity (Wildman–Crippen MR) is 94.2 cm³/mol. The molecular formula is C22H30Cl2Zr. The Labute approximate surface area is 186 Å². The van der Waals surface area contributed by atoms with Crippen LogP contribution in [0.5, 0.6) is 0 Å². The largest absolute Gasteiger partial charge is 4.00 e. The van der Waals surface area contributed by atoms with Crippen molar-refractivity contribution in [1.82, 2.24) is 0 Å². The summed E-state index contributed by atoms with van der Waals surface area (Å²) >= 11 is 0. The molecule has 4 aliphatic rings. The summed E-state index contributed by atoms with van der Waals surface area (Å²) in [6, 6.07) is 0. The van der Waals surface area contributed by atoms with E-state index < -0.39 is 0 Å². The summed E-state index contributed by atoms with van der Waals surface area (Å²) in [5.41, 5.74) is 2.94. The van der Waals surface area contributed by atoms with Crippen molar-refractivity contribution in [3.05, 3.63) is 47.6 Å². The van der Waals surface area contributed by atoms with Gasteiger partial charge in [-0.15, -0.1) is 12.8 Å². The normalized spacial score (nSPS) is 21.6. The van der Waals surface area contributed by atoms with Crippen molar-refractivity contribution < 1.29 is 51.0 Å². The first-order valence-electron chi connectivity index (χ1n) is 9.42. The molecule has 0 aliphatic heterocycles. The van der Waals surface area contributed by atoms with Crippen LogP contribution in [0.2, 0.25) is 0 Å². The summed E-state index contributed by atoms with van der Waals surface area (Å²) in [6.45, 7) is 0. The molecule has 2 fully saturated rings. The molecule has 0 saturated heterocycles. The Morgan fingerprint density at radius 1 is 0.680 bits per heavy atom. The van der Waals surface area contributed by atoms with Gasteiger partial charge in [-0.05, 0) is 11.8 Å². The molecule has 3 heteroatoms. The summed E-state index contributed by atoms with van der Waals surface area (Å²) in [6.07, 6.45) is 32.1. The van der Waals surface area contributed by atoms with Crippen LogP contribution in [-0.2, 0) is 26.2 Å². The van der Waals surface area contributed by atoms with E-state index in [0.29, 0.717) is 0 Å². The van der Waals surface area contributed by atoms with Crippen LogP contribution in [0.15, 0.2) is 35.5 Å². The Bertz CT molecular complexity index is 420. The number of rotatable bonds is 4. The monoisotopic (exact) mass is 454 g/mol. The summed E-state index contributed by atoms with van der Waals surface area (Å²) in [5.74, 6) is 1.97. The molecule has 0 unspecified atom stereocenters. The number of allylic oxidation sites excluding steroid dienone is 8. The third-order valence-corrected chi connectivity index (χ3v) is 5.50. The second-order valence-electron chi connectivity index (χ2n) is 7.33. The van der Waals surface area contributed by atoms with Gasteiger partial charge in [-0.1, -0.05) is 64.2 Å². The molecule has 0 heterocycles. The van der Waals surface area contributed by atoms with E-state index in [9.17, 15) is 0 Å². The van der Waals surface area contributed by atoms with Gasteiger partial charge in [-0.2, -0.15) is 12.2 Å². The minimum Gasteiger partial charge on any atom is -1.00 e. The van der Waals surface area contributed by atoms with Gasteiger partial charge in [-0.3, -0.25) is 12.2 Å². The molecule has 0 N–H and O–H groups in total. The fourth-order valence-corrected chi connectivity index (χ4v) is 4.23. The molecule has 4 aliphatic carbocycles. The standard InChI is InChI=1S/2C11H15.2ClH.Zr/c2*1-2-6-10(5-1)9-11-7-3-4-8-11;;;/h2*1,5,11H,2-4,7-9H2;2*1H;/q2*-1;;;+4/p-2. The minimum absolute atomic E-state index is 0. The number of hydrogen-bond acceptors (Lipinski definition) is 0. The van der Waals surface area contributed by atoms with Crippen LogP contribution < -0.4 is 24.8 Å². The van der Waals surface area contributed by atoms with Crippen LogP contribution in [0.25, 0.3) is 0 Å². The molecule has 0 radical (unpaired) electrons. The number of hydrogen-bond donors (Lipinski definition) is 0. The number of halogens is 2. The predicted octanol–water partition coefficient (Wildman–Crippen LogP) is 0.518. The summed E-state index contributed by atoms with van der Waals surface area (Å²) in [4.78, 5) is 0. The van der Waals surface area contributed by atoms with E-state index in [0.717, 1.165) is 24.7 Å². The second kappa shape index (κ2) is 14.5. The minimum atomic E-state index is 0. The molecule has 0 amide bonds. The van der Waals surface area contributed by atoms with E-state index in [1.165, 1.54) is 75.4 Å². The van der Waals surface area contributed by atoms with Crippen LogP contribution in [-0.4, -0.2) is 0 Å². The maximum absolute atomic E-state index is 3.39. The van der Waals surface area contributed by atoms with Gasteiger partial charge in [0.2, 0.25) is 0 Å². The molecule has 0 atom stereocenters. The summed E-state index contributed by atoms with van der Waals surface area (Å²) in [5, 5.41) is 0. The van der Waals surface area contributed by atoms with Gasteiger partial charge in [0.15, 0.2) is 0 Å². The fourth-order valence-electron chi connectivity index (χ4n) is 4.23. The Morgan fingerprint density at radius 2 is 1.04 bits per heavy atom. The van der Waals surface area contributed by atoms with Crippen LogP contribution in [0, 0.1) is 24.0 Å². The molecule has 0 spiro atoms. The molecule has 2 saturated carbocycles. The average Bonchev–Trinajstić information content (AvgIpc) is 3.31. The topological polar surface area (TPSA) is 0 Å². The molecular weight excluding hydrogens is 426 g/mol. The van der Waals surface area contributed by atoms with Gasteiger partial charge < -0.3 is 24.8 Å². The smallest absolute Gasteiger partial charge is 1.00 e. The molecule has 136 valence electrons. The molecule has 0 aromatic heterocycles. The van der Waals surface area contributed by atoms with Crippen LogP contribution >= 0.6 is 0 Å². The molecule has 0 aromatic rings. The van der Waals surface area contributed by atoms with Crippen LogP contribution in [0.1, 0.15) is 77.0 Å². The van der Waals surface area contributed by atoms with Gasteiger partial charge in [0.1, 0.15) is 0 Å². The van der Waals surface area contributed by atoms with E-state index in [4.69, 9.17) is 0 Å². The van der Waals surface area contributed by atoms with Crippen molar-refractivity contribution in [2.45, 2.75) is 77.0 Å². The van der Waals surface area contributed by atoms with Crippen molar-refractivity contribution >= 4 is 0 Å². The first kappa shape index (κ1) is 25.4. The molecule has 0 aromatic carbocycles. The zero-order chi connectivity index (χ0) is 15.0. The van der Waals surface area contributed by atoms with E-state index in [-0.39, 0.29) is 51.0 Å². The summed E-state index contributed by atoms with van der Waals surface area (Å²) in [7, 11) is 0. The van der Waals surface area contributed by atoms with Crippen molar-refractivity contribution in [2.24, 2.45) is 11.8 Å². The maximum atomic E-state index is 3.39.